The van der Waals surface area contributed by atoms with Crippen LogP contribution in [0.1, 0.15) is 56.3 Å². The summed E-state index contributed by atoms with van der Waals surface area (Å²) < 4.78 is 43.4. The highest BCUT2D eigenvalue weighted by atomic mass is 32.2. The third-order valence-electron chi connectivity index (χ3n) is 5.67. The van der Waals surface area contributed by atoms with Gasteiger partial charge >= 0.3 is 12.1 Å². The summed E-state index contributed by atoms with van der Waals surface area (Å²) in [5.41, 5.74) is 3.01. The standard InChI is InChI=1S/C27H28F3NO3S2/c1-5-21(22-10-11-23(36-22)26(33)31-13-12-24(32)34-4)35-20-14-16(2)25(17(3)15-20)18-6-8-19(9-7-18)27(28,29)30/h6-11,14-15,21H,5,12-13H2,1-4H3,(H,31,33). The number of benzene rings is 2. The average Bonchev–Trinajstić information content (AvgIpc) is 3.32. The first-order chi connectivity index (χ1) is 17.0. The molecule has 1 atom stereocenters. The van der Waals surface area contributed by atoms with Crippen molar-refractivity contribution in [3.63, 3.8) is 0 Å². The average molecular weight is 536 g/mol. The number of carbonyl (C=O) groups excluding carboxylic acids is 2. The molecule has 1 N–H and O–H groups in total. The molecule has 3 rings (SSSR count). The first kappa shape index (κ1) is 27.8. The predicted molar refractivity (Wildman–Crippen MR) is 139 cm³/mol. The quantitative estimate of drug-likeness (QED) is 0.227. The number of aryl methyl sites for hydroxylation is 2. The summed E-state index contributed by atoms with van der Waals surface area (Å²) in [5, 5.41) is 2.88. The molecule has 3 aromatic rings. The zero-order valence-electron chi connectivity index (χ0n) is 20.5. The lowest BCUT2D eigenvalue weighted by Crippen LogP contribution is -2.25. The van der Waals surface area contributed by atoms with E-state index >= 15 is 0 Å². The normalized spacial score (nSPS) is 12.3. The summed E-state index contributed by atoms with van der Waals surface area (Å²) >= 11 is 3.13. The number of methoxy groups -OCH3 is 1. The summed E-state index contributed by atoms with van der Waals surface area (Å²) in [7, 11) is 1.31. The number of thioether (sulfide) groups is 1. The monoisotopic (exact) mass is 535 g/mol. The fraction of sp³-hybridized carbons (Fsp3) is 0.333. The molecule has 1 unspecified atom stereocenters. The van der Waals surface area contributed by atoms with Crippen molar-refractivity contribution in [2.45, 2.75) is 49.9 Å². The highest BCUT2D eigenvalue weighted by Gasteiger charge is 2.30. The van der Waals surface area contributed by atoms with Crippen molar-refractivity contribution in [2.75, 3.05) is 13.7 Å². The van der Waals surface area contributed by atoms with E-state index in [0.717, 1.165) is 50.6 Å². The molecule has 0 aliphatic rings. The maximum absolute atomic E-state index is 12.9. The molecule has 4 nitrogen and oxygen atoms in total. The molecule has 0 radical (unpaired) electrons. The second-order valence-electron chi connectivity index (χ2n) is 8.31. The Morgan fingerprint density at radius 2 is 1.69 bits per heavy atom. The number of ether oxygens (including phenoxy) is 1. The number of amides is 1. The minimum Gasteiger partial charge on any atom is -0.469 e. The van der Waals surface area contributed by atoms with Gasteiger partial charge in [-0.05, 0) is 78.9 Å². The van der Waals surface area contributed by atoms with E-state index in [9.17, 15) is 22.8 Å². The van der Waals surface area contributed by atoms with Gasteiger partial charge in [0.2, 0.25) is 0 Å². The zero-order valence-corrected chi connectivity index (χ0v) is 22.1. The van der Waals surface area contributed by atoms with Gasteiger partial charge in [-0.1, -0.05) is 19.1 Å². The van der Waals surface area contributed by atoms with E-state index in [1.54, 1.807) is 17.8 Å². The summed E-state index contributed by atoms with van der Waals surface area (Å²) in [5.74, 6) is -0.595. The smallest absolute Gasteiger partial charge is 0.416 e. The van der Waals surface area contributed by atoms with Crippen LogP contribution < -0.4 is 5.32 Å². The highest BCUT2D eigenvalue weighted by molar-refractivity contribution is 7.99. The minimum atomic E-state index is -4.36. The van der Waals surface area contributed by atoms with Gasteiger partial charge in [0.1, 0.15) is 0 Å². The summed E-state index contributed by atoms with van der Waals surface area (Å²) in [6.07, 6.45) is -3.38. The van der Waals surface area contributed by atoms with Crippen LogP contribution in [0.15, 0.2) is 53.4 Å². The van der Waals surface area contributed by atoms with Crippen LogP contribution in [0, 0.1) is 13.8 Å². The predicted octanol–water partition coefficient (Wildman–Crippen LogP) is 7.59. The molecule has 1 aromatic heterocycles. The summed E-state index contributed by atoms with van der Waals surface area (Å²) in [4.78, 5) is 26.3. The number of hydrogen-bond acceptors (Lipinski definition) is 5. The van der Waals surface area contributed by atoms with E-state index in [0.29, 0.717) is 4.88 Å². The van der Waals surface area contributed by atoms with Crippen molar-refractivity contribution in [3.8, 4) is 11.1 Å². The third-order valence-corrected chi connectivity index (χ3v) is 8.39. The largest absolute Gasteiger partial charge is 0.469 e. The molecule has 1 heterocycles. The van der Waals surface area contributed by atoms with Crippen LogP contribution in [-0.2, 0) is 15.7 Å². The maximum atomic E-state index is 12.9. The van der Waals surface area contributed by atoms with E-state index < -0.39 is 11.7 Å². The lowest BCUT2D eigenvalue weighted by molar-refractivity contribution is -0.140. The zero-order chi connectivity index (χ0) is 26.5. The molecule has 0 bridgehead atoms. The Labute approximate surface area is 217 Å². The Balaban J connectivity index is 1.73. The highest BCUT2D eigenvalue weighted by Crippen LogP contribution is 2.43. The molecule has 192 valence electrons. The van der Waals surface area contributed by atoms with E-state index in [-0.39, 0.29) is 30.1 Å². The number of nitrogens with one attached hydrogen (secondary N) is 1. The first-order valence-electron chi connectivity index (χ1n) is 11.4. The molecule has 0 fully saturated rings. The summed E-state index contributed by atoms with van der Waals surface area (Å²) in [6.45, 7) is 6.23. The molecular formula is C27H28F3NO3S2. The second-order valence-corrected chi connectivity index (χ2v) is 10.7. The topological polar surface area (TPSA) is 55.4 Å². The fourth-order valence-electron chi connectivity index (χ4n) is 3.90. The van der Waals surface area contributed by atoms with Gasteiger partial charge in [-0.15, -0.1) is 23.1 Å². The number of thiophene rings is 1. The van der Waals surface area contributed by atoms with Crippen molar-refractivity contribution < 1.29 is 27.5 Å². The molecule has 0 saturated carbocycles. The van der Waals surface area contributed by atoms with Crippen molar-refractivity contribution in [3.05, 3.63) is 75.0 Å². The van der Waals surface area contributed by atoms with Gasteiger partial charge in [0, 0.05) is 21.6 Å². The van der Waals surface area contributed by atoms with Crippen molar-refractivity contribution >= 4 is 35.0 Å². The van der Waals surface area contributed by atoms with Gasteiger partial charge in [-0.3, -0.25) is 9.59 Å². The number of hydrogen-bond donors (Lipinski definition) is 1. The van der Waals surface area contributed by atoms with Crippen LogP contribution in [0.2, 0.25) is 0 Å². The molecule has 0 aliphatic carbocycles. The SMILES string of the molecule is CCC(Sc1cc(C)c(-c2ccc(C(F)(F)F)cc2)c(C)c1)c1ccc(C(=O)NCCC(=O)OC)s1. The lowest BCUT2D eigenvalue weighted by atomic mass is 9.95. The summed E-state index contributed by atoms with van der Waals surface area (Å²) in [6, 6.07) is 13.1. The van der Waals surface area contributed by atoms with E-state index in [2.05, 4.69) is 29.1 Å². The molecule has 36 heavy (non-hydrogen) atoms. The van der Waals surface area contributed by atoms with Gasteiger partial charge in [0.25, 0.3) is 5.91 Å². The van der Waals surface area contributed by atoms with Crippen LogP contribution in [0.3, 0.4) is 0 Å². The number of halogens is 3. The van der Waals surface area contributed by atoms with E-state index in [4.69, 9.17) is 0 Å². The number of esters is 1. The minimum absolute atomic E-state index is 0.120. The lowest BCUT2D eigenvalue weighted by Gasteiger charge is -2.17. The van der Waals surface area contributed by atoms with Crippen LogP contribution in [0.25, 0.3) is 11.1 Å². The molecule has 2 aromatic carbocycles. The Morgan fingerprint density at radius 1 is 1.06 bits per heavy atom. The Kier molecular flexibility index (Phi) is 9.24. The molecule has 9 heteroatoms. The Bertz CT molecular complexity index is 1200. The third kappa shape index (κ3) is 6.91. The second kappa shape index (κ2) is 12.0. The van der Waals surface area contributed by atoms with Crippen LogP contribution in [-0.4, -0.2) is 25.5 Å². The number of rotatable bonds is 9. The molecule has 0 saturated heterocycles. The van der Waals surface area contributed by atoms with Gasteiger partial charge < -0.3 is 10.1 Å². The van der Waals surface area contributed by atoms with E-state index in [1.807, 2.05) is 19.9 Å². The fourth-order valence-corrected chi connectivity index (χ4v) is 6.35. The maximum Gasteiger partial charge on any atom is 0.416 e. The first-order valence-corrected chi connectivity index (χ1v) is 13.1. The van der Waals surface area contributed by atoms with E-state index in [1.165, 1.54) is 30.6 Å². The van der Waals surface area contributed by atoms with Gasteiger partial charge in [0.05, 0.1) is 24.0 Å². The van der Waals surface area contributed by atoms with Crippen molar-refractivity contribution in [2.24, 2.45) is 0 Å². The Morgan fingerprint density at radius 3 is 2.25 bits per heavy atom. The van der Waals surface area contributed by atoms with Crippen molar-refractivity contribution in [1.29, 1.82) is 0 Å². The molecule has 0 spiro atoms. The van der Waals surface area contributed by atoms with Gasteiger partial charge in [-0.25, -0.2) is 0 Å². The molecular weight excluding hydrogens is 507 g/mol. The number of alkyl halides is 3. The van der Waals surface area contributed by atoms with Gasteiger partial charge in [0.15, 0.2) is 0 Å². The molecule has 1 amide bonds. The molecule has 0 aliphatic heterocycles. The van der Waals surface area contributed by atoms with Crippen LogP contribution >= 0.6 is 23.1 Å². The number of carbonyl (C=O) groups is 2. The van der Waals surface area contributed by atoms with Crippen LogP contribution in [0.4, 0.5) is 13.2 Å². The van der Waals surface area contributed by atoms with Crippen LogP contribution in [0.5, 0.6) is 0 Å². The van der Waals surface area contributed by atoms with Crippen molar-refractivity contribution in [1.82, 2.24) is 5.32 Å². The Hall–Kier alpha value is -2.78. The van der Waals surface area contributed by atoms with Gasteiger partial charge in [-0.2, -0.15) is 13.2 Å².